The molecule has 1 fully saturated rings. The summed E-state index contributed by atoms with van der Waals surface area (Å²) in [4.78, 5) is 11.2. The summed E-state index contributed by atoms with van der Waals surface area (Å²) >= 11 is 0. The fraction of sp³-hybridized carbons (Fsp3) is 0.375. The number of rotatable bonds is 3. The van der Waals surface area contributed by atoms with Gasteiger partial charge in [0.05, 0.1) is 5.69 Å². The first-order chi connectivity index (χ1) is 9.83. The Morgan fingerprint density at radius 1 is 1.25 bits per heavy atom. The Hall–Kier alpha value is -1.78. The van der Waals surface area contributed by atoms with Crippen LogP contribution in [-0.2, 0) is 6.54 Å². The van der Waals surface area contributed by atoms with Gasteiger partial charge in [0.2, 0.25) is 0 Å². The van der Waals surface area contributed by atoms with Crippen molar-refractivity contribution < 1.29 is 0 Å². The third-order valence-electron chi connectivity index (χ3n) is 3.74. The van der Waals surface area contributed by atoms with E-state index >= 15 is 0 Å². The van der Waals surface area contributed by atoms with Crippen molar-refractivity contribution in [2.24, 2.45) is 0 Å². The van der Waals surface area contributed by atoms with Gasteiger partial charge in [0, 0.05) is 38.4 Å². The SMILES string of the molecule is Cc1nccc(CN2CCNC[C@H]2c2ccccc2)n1. The highest BCUT2D eigenvalue weighted by atomic mass is 15.2. The van der Waals surface area contributed by atoms with Crippen molar-refractivity contribution in [3.8, 4) is 0 Å². The number of benzene rings is 1. The first-order valence-electron chi connectivity index (χ1n) is 7.11. The minimum absolute atomic E-state index is 0.417. The predicted octanol–water partition coefficient (Wildman–Crippen LogP) is 1.93. The van der Waals surface area contributed by atoms with Crippen molar-refractivity contribution >= 4 is 0 Å². The summed E-state index contributed by atoms with van der Waals surface area (Å²) in [5.74, 6) is 0.842. The summed E-state index contributed by atoms with van der Waals surface area (Å²) < 4.78 is 0. The molecule has 1 aromatic carbocycles. The van der Waals surface area contributed by atoms with Crippen molar-refractivity contribution in [1.82, 2.24) is 20.2 Å². The Morgan fingerprint density at radius 2 is 2.10 bits per heavy atom. The van der Waals surface area contributed by atoms with Crippen LogP contribution in [0, 0.1) is 6.92 Å². The summed E-state index contributed by atoms with van der Waals surface area (Å²) in [5.41, 5.74) is 2.46. The molecule has 3 rings (SSSR count). The molecule has 0 saturated carbocycles. The van der Waals surface area contributed by atoms with Crippen LogP contribution in [0.25, 0.3) is 0 Å². The molecule has 0 unspecified atom stereocenters. The monoisotopic (exact) mass is 268 g/mol. The second-order valence-corrected chi connectivity index (χ2v) is 5.20. The standard InChI is InChI=1S/C16H20N4/c1-13-18-8-7-15(19-13)12-20-10-9-17-11-16(20)14-5-3-2-4-6-14/h2-8,16-17H,9-12H2,1H3/t16-/m0/s1. The Labute approximate surface area is 119 Å². The van der Waals surface area contributed by atoms with Crippen LogP contribution in [0.4, 0.5) is 0 Å². The zero-order chi connectivity index (χ0) is 13.8. The average molecular weight is 268 g/mol. The van der Waals surface area contributed by atoms with Gasteiger partial charge in [-0.05, 0) is 18.6 Å². The summed E-state index contributed by atoms with van der Waals surface area (Å²) in [6.07, 6.45) is 1.84. The number of nitrogens with zero attached hydrogens (tertiary/aromatic N) is 3. The molecular formula is C16H20N4. The molecule has 104 valence electrons. The second kappa shape index (κ2) is 6.11. The van der Waals surface area contributed by atoms with E-state index in [4.69, 9.17) is 0 Å². The maximum Gasteiger partial charge on any atom is 0.125 e. The first-order valence-corrected chi connectivity index (χ1v) is 7.11. The molecule has 1 saturated heterocycles. The summed E-state index contributed by atoms with van der Waals surface area (Å²) in [6, 6.07) is 13.1. The van der Waals surface area contributed by atoms with E-state index in [0.29, 0.717) is 6.04 Å². The lowest BCUT2D eigenvalue weighted by atomic mass is 10.0. The van der Waals surface area contributed by atoms with Crippen molar-refractivity contribution in [3.63, 3.8) is 0 Å². The normalized spacial score (nSPS) is 19.9. The minimum atomic E-state index is 0.417. The van der Waals surface area contributed by atoms with E-state index in [-0.39, 0.29) is 0 Å². The average Bonchev–Trinajstić information content (AvgIpc) is 2.49. The fourth-order valence-corrected chi connectivity index (χ4v) is 2.74. The highest BCUT2D eigenvalue weighted by molar-refractivity contribution is 5.20. The highest BCUT2D eigenvalue weighted by Crippen LogP contribution is 2.23. The quantitative estimate of drug-likeness (QED) is 0.923. The zero-order valence-corrected chi connectivity index (χ0v) is 11.8. The lowest BCUT2D eigenvalue weighted by Crippen LogP contribution is -2.45. The molecule has 0 spiro atoms. The van der Waals surface area contributed by atoms with Gasteiger partial charge in [-0.1, -0.05) is 30.3 Å². The van der Waals surface area contributed by atoms with Gasteiger partial charge in [0.1, 0.15) is 5.82 Å². The largest absolute Gasteiger partial charge is 0.314 e. The van der Waals surface area contributed by atoms with E-state index in [2.05, 4.69) is 50.5 Å². The molecule has 1 N–H and O–H groups in total. The third-order valence-corrected chi connectivity index (χ3v) is 3.74. The Morgan fingerprint density at radius 3 is 2.90 bits per heavy atom. The summed E-state index contributed by atoms with van der Waals surface area (Å²) in [6.45, 7) is 5.89. The van der Waals surface area contributed by atoms with Crippen LogP contribution in [0.2, 0.25) is 0 Å². The number of nitrogens with one attached hydrogen (secondary N) is 1. The van der Waals surface area contributed by atoms with Crippen molar-refractivity contribution in [3.05, 3.63) is 59.7 Å². The fourth-order valence-electron chi connectivity index (χ4n) is 2.74. The lowest BCUT2D eigenvalue weighted by Gasteiger charge is -2.36. The smallest absolute Gasteiger partial charge is 0.125 e. The van der Waals surface area contributed by atoms with Gasteiger partial charge in [-0.3, -0.25) is 4.90 Å². The van der Waals surface area contributed by atoms with Crippen molar-refractivity contribution in [2.75, 3.05) is 19.6 Å². The van der Waals surface area contributed by atoms with Crippen LogP contribution in [0.5, 0.6) is 0 Å². The zero-order valence-electron chi connectivity index (χ0n) is 11.8. The number of piperazine rings is 1. The van der Waals surface area contributed by atoms with E-state index in [1.165, 1.54) is 5.56 Å². The maximum absolute atomic E-state index is 4.52. The van der Waals surface area contributed by atoms with E-state index in [0.717, 1.165) is 37.7 Å². The van der Waals surface area contributed by atoms with Gasteiger partial charge >= 0.3 is 0 Å². The Kier molecular flexibility index (Phi) is 4.04. The second-order valence-electron chi connectivity index (χ2n) is 5.20. The van der Waals surface area contributed by atoms with Gasteiger partial charge in [0.15, 0.2) is 0 Å². The number of hydrogen-bond acceptors (Lipinski definition) is 4. The number of hydrogen-bond donors (Lipinski definition) is 1. The maximum atomic E-state index is 4.52. The number of aryl methyl sites for hydroxylation is 1. The molecular weight excluding hydrogens is 248 g/mol. The molecule has 0 amide bonds. The van der Waals surface area contributed by atoms with Crippen LogP contribution >= 0.6 is 0 Å². The molecule has 0 radical (unpaired) electrons. The van der Waals surface area contributed by atoms with Gasteiger partial charge in [-0.25, -0.2) is 9.97 Å². The topological polar surface area (TPSA) is 41.1 Å². The van der Waals surface area contributed by atoms with Gasteiger partial charge < -0.3 is 5.32 Å². The predicted molar refractivity (Wildman–Crippen MR) is 79.2 cm³/mol. The van der Waals surface area contributed by atoms with Crippen molar-refractivity contribution in [2.45, 2.75) is 19.5 Å². The highest BCUT2D eigenvalue weighted by Gasteiger charge is 2.23. The Bertz CT molecular complexity index is 555. The molecule has 4 nitrogen and oxygen atoms in total. The van der Waals surface area contributed by atoms with Crippen LogP contribution in [0.15, 0.2) is 42.6 Å². The number of aromatic nitrogens is 2. The molecule has 1 aliphatic rings. The van der Waals surface area contributed by atoms with E-state index in [1.54, 1.807) is 0 Å². The molecule has 1 atom stereocenters. The molecule has 0 bridgehead atoms. The van der Waals surface area contributed by atoms with Crippen LogP contribution in [0.1, 0.15) is 23.1 Å². The van der Waals surface area contributed by atoms with Crippen LogP contribution in [0.3, 0.4) is 0 Å². The summed E-state index contributed by atoms with van der Waals surface area (Å²) in [7, 11) is 0. The molecule has 2 aromatic rings. The van der Waals surface area contributed by atoms with Crippen LogP contribution < -0.4 is 5.32 Å². The van der Waals surface area contributed by atoms with E-state index < -0.39 is 0 Å². The lowest BCUT2D eigenvalue weighted by molar-refractivity contribution is 0.152. The van der Waals surface area contributed by atoms with Gasteiger partial charge in [-0.2, -0.15) is 0 Å². The molecule has 4 heteroatoms. The summed E-state index contributed by atoms with van der Waals surface area (Å²) in [5, 5.41) is 3.49. The molecule has 2 heterocycles. The first kappa shape index (κ1) is 13.2. The Balaban J connectivity index is 1.79. The van der Waals surface area contributed by atoms with Gasteiger partial charge in [0.25, 0.3) is 0 Å². The molecule has 20 heavy (non-hydrogen) atoms. The van der Waals surface area contributed by atoms with Crippen molar-refractivity contribution in [1.29, 1.82) is 0 Å². The van der Waals surface area contributed by atoms with Crippen LogP contribution in [-0.4, -0.2) is 34.5 Å². The van der Waals surface area contributed by atoms with Gasteiger partial charge in [-0.15, -0.1) is 0 Å². The minimum Gasteiger partial charge on any atom is -0.314 e. The van der Waals surface area contributed by atoms with E-state index in [9.17, 15) is 0 Å². The van der Waals surface area contributed by atoms with E-state index in [1.807, 2.05) is 19.2 Å². The molecule has 1 aromatic heterocycles. The molecule has 0 aliphatic carbocycles. The third kappa shape index (κ3) is 3.03. The molecule has 1 aliphatic heterocycles.